The molecule has 0 aliphatic carbocycles. The number of amides is 1. The lowest BCUT2D eigenvalue weighted by Crippen LogP contribution is -2.35. The van der Waals surface area contributed by atoms with Crippen LogP contribution in [0.1, 0.15) is 30.6 Å². The molecule has 1 amide bonds. The zero-order valence-electron chi connectivity index (χ0n) is 12.6. The van der Waals surface area contributed by atoms with E-state index in [-0.39, 0.29) is 5.91 Å². The van der Waals surface area contributed by atoms with Crippen molar-refractivity contribution in [3.63, 3.8) is 0 Å². The molecule has 1 aliphatic rings. The van der Waals surface area contributed by atoms with Crippen molar-refractivity contribution in [1.82, 2.24) is 4.90 Å². The van der Waals surface area contributed by atoms with Crippen molar-refractivity contribution < 1.29 is 9.53 Å². The molecule has 0 radical (unpaired) electrons. The van der Waals surface area contributed by atoms with E-state index in [4.69, 9.17) is 10.00 Å². The lowest BCUT2D eigenvalue weighted by molar-refractivity contribution is 0.0735. The molecule has 1 aromatic rings. The summed E-state index contributed by atoms with van der Waals surface area (Å²) in [6, 6.07) is 7.65. The molecule has 21 heavy (non-hydrogen) atoms. The molecule has 0 atom stereocenters. The van der Waals surface area contributed by atoms with Gasteiger partial charge in [0.05, 0.1) is 23.7 Å². The Balaban J connectivity index is 2.26. The molecule has 2 rings (SSSR count). The van der Waals surface area contributed by atoms with Gasteiger partial charge in [0.15, 0.2) is 5.75 Å². The van der Waals surface area contributed by atoms with Gasteiger partial charge in [0, 0.05) is 19.6 Å². The van der Waals surface area contributed by atoms with Gasteiger partial charge in [0.25, 0.3) is 5.91 Å². The van der Waals surface area contributed by atoms with E-state index in [1.807, 2.05) is 12.1 Å². The Bertz CT molecular complexity index is 549. The molecular formula is C16H21N3O2. The van der Waals surface area contributed by atoms with E-state index in [0.29, 0.717) is 43.3 Å². The molecule has 0 bridgehead atoms. The molecule has 0 spiro atoms. The lowest BCUT2D eigenvalue weighted by Gasteiger charge is -2.27. The standard InChI is InChI=1S/C16H21N3O2/c1-12(2)11-19(9-4-7-17)16(20)13-5-3-6-14-15(13)21-10-8-18-14/h3,5-6,12,18H,4,8-11H2,1-2H3. The second-order valence-corrected chi connectivity index (χ2v) is 5.51. The predicted octanol–water partition coefficient (Wildman–Crippen LogP) is 2.50. The Morgan fingerprint density at radius 1 is 1.52 bits per heavy atom. The summed E-state index contributed by atoms with van der Waals surface area (Å²) >= 11 is 0. The summed E-state index contributed by atoms with van der Waals surface area (Å²) in [5, 5.41) is 12.0. The molecule has 0 saturated carbocycles. The fourth-order valence-electron chi connectivity index (χ4n) is 2.41. The summed E-state index contributed by atoms with van der Waals surface area (Å²) in [5.41, 5.74) is 1.43. The fourth-order valence-corrected chi connectivity index (χ4v) is 2.41. The molecule has 1 heterocycles. The number of hydrogen-bond donors (Lipinski definition) is 1. The van der Waals surface area contributed by atoms with Crippen molar-refractivity contribution in [2.75, 3.05) is 31.6 Å². The van der Waals surface area contributed by atoms with Crippen molar-refractivity contribution in [3.8, 4) is 11.8 Å². The first kappa shape index (κ1) is 15.2. The molecule has 5 nitrogen and oxygen atoms in total. The van der Waals surface area contributed by atoms with Gasteiger partial charge >= 0.3 is 0 Å². The van der Waals surface area contributed by atoms with Crippen LogP contribution in [0.3, 0.4) is 0 Å². The van der Waals surface area contributed by atoms with E-state index in [2.05, 4.69) is 25.2 Å². The number of fused-ring (bicyclic) bond motifs is 1. The van der Waals surface area contributed by atoms with Crippen molar-refractivity contribution in [2.24, 2.45) is 5.92 Å². The van der Waals surface area contributed by atoms with Crippen LogP contribution in [0, 0.1) is 17.2 Å². The topological polar surface area (TPSA) is 65.4 Å². The number of nitriles is 1. The van der Waals surface area contributed by atoms with E-state index < -0.39 is 0 Å². The highest BCUT2D eigenvalue weighted by atomic mass is 16.5. The first-order valence-electron chi connectivity index (χ1n) is 7.29. The van der Waals surface area contributed by atoms with Gasteiger partial charge in [-0.1, -0.05) is 19.9 Å². The number of benzene rings is 1. The summed E-state index contributed by atoms with van der Waals surface area (Å²) in [4.78, 5) is 14.5. The molecular weight excluding hydrogens is 266 g/mol. The van der Waals surface area contributed by atoms with Crippen LogP contribution in [0.2, 0.25) is 0 Å². The van der Waals surface area contributed by atoms with Gasteiger partial charge < -0.3 is 15.0 Å². The van der Waals surface area contributed by atoms with Gasteiger partial charge in [-0.05, 0) is 18.1 Å². The highest BCUT2D eigenvalue weighted by Crippen LogP contribution is 2.32. The Morgan fingerprint density at radius 3 is 3.05 bits per heavy atom. The fraction of sp³-hybridized carbons (Fsp3) is 0.500. The largest absolute Gasteiger partial charge is 0.489 e. The van der Waals surface area contributed by atoms with E-state index >= 15 is 0 Å². The van der Waals surface area contributed by atoms with Crippen LogP contribution in [-0.2, 0) is 0 Å². The number of carbonyl (C=O) groups is 1. The van der Waals surface area contributed by atoms with Gasteiger partial charge in [-0.15, -0.1) is 0 Å². The van der Waals surface area contributed by atoms with Crippen molar-refractivity contribution in [2.45, 2.75) is 20.3 Å². The molecule has 0 aromatic heterocycles. The Morgan fingerprint density at radius 2 is 2.33 bits per heavy atom. The van der Waals surface area contributed by atoms with Crippen LogP contribution < -0.4 is 10.1 Å². The number of carbonyl (C=O) groups excluding carboxylic acids is 1. The third-order valence-electron chi connectivity index (χ3n) is 3.28. The number of nitrogens with zero attached hydrogens (tertiary/aromatic N) is 2. The Hall–Kier alpha value is -2.22. The minimum Gasteiger partial charge on any atom is -0.489 e. The van der Waals surface area contributed by atoms with Gasteiger partial charge in [-0.2, -0.15) is 5.26 Å². The number of hydrogen-bond acceptors (Lipinski definition) is 4. The summed E-state index contributed by atoms with van der Waals surface area (Å²) in [7, 11) is 0. The predicted molar refractivity (Wildman–Crippen MR) is 81.4 cm³/mol. The lowest BCUT2D eigenvalue weighted by atomic mass is 10.1. The number of nitrogens with one attached hydrogen (secondary N) is 1. The van der Waals surface area contributed by atoms with Gasteiger partial charge in [0.1, 0.15) is 6.61 Å². The number of para-hydroxylation sites is 1. The molecule has 112 valence electrons. The van der Waals surface area contributed by atoms with Crippen LogP contribution in [0.15, 0.2) is 18.2 Å². The van der Waals surface area contributed by atoms with Crippen LogP contribution in [0.5, 0.6) is 5.75 Å². The van der Waals surface area contributed by atoms with Crippen LogP contribution >= 0.6 is 0 Å². The van der Waals surface area contributed by atoms with Crippen molar-refractivity contribution >= 4 is 11.6 Å². The van der Waals surface area contributed by atoms with E-state index in [1.165, 1.54) is 0 Å². The molecule has 1 N–H and O–H groups in total. The zero-order valence-corrected chi connectivity index (χ0v) is 12.6. The van der Waals surface area contributed by atoms with Crippen molar-refractivity contribution in [3.05, 3.63) is 23.8 Å². The van der Waals surface area contributed by atoms with Gasteiger partial charge in [-0.3, -0.25) is 4.79 Å². The first-order chi connectivity index (χ1) is 10.1. The average molecular weight is 287 g/mol. The molecule has 1 aromatic carbocycles. The normalized spacial score (nSPS) is 12.9. The molecule has 1 aliphatic heterocycles. The highest BCUT2D eigenvalue weighted by molar-refractivity contribution is 5.99. The minimum absolute atomic E-state index is 0.0699. The van der Waals surface area contributed by atoms with E-state index in [1.54, 1.807) is 11.0 Å². The van der Waals surface area contributed by atoms with Crippen LogP contribution in [0.4, 0.5) is 5.69 Å². The van der Waals surface area contributed by atoms with E-state index in [0.717, 1.165) is 12.2 Å². The maximum Gasteiger partial charge on any atom is 0.257 e. The number of rotatable bonds is 5. The van der Waals surface area contributed by atoms with Crippen molar-refractivity contribution in [1.29, 1.82) is 5.26 Å². The van der Waals surface area contributed by atoms with Crippen LogP contribution in [0.25, 0.3) is 0 Å². The molecule has 0 fully saturated rings. The second kappa shape index (κ2) is 6.98. The SMILES string of the molecule is CC(C)CN(CCC#N)C(=O)c1cccc2c1OCCN2. The second-order valence-electron chi connectivity index (χ2n) is 5.51. The third kappa shape index (κ3) is 3.66. The highest BCUT2D eigenvalue weighted by Gasteiger charge is 2.23. The van der Waals surface area contributed by atoms with Gasteiger partial charge in [-0.25, -0.2) is 0 Å². The minimum atomic E-state index is -0.0699. The van der Waals surface area contributed by atoms with Gasteiger partial charge in [0.2, 0.25) is 0 Å². The number of ether oxygens (including phenoxy) is 1. The Labute approximate surface area is 125 Å². The monoisotopic (exact) mass is 287 g/mol. The third-order valence-corrected chi connectivity index (χ3v) is 3.28. The smallest absolute Gasteiger partial charge is 0.257 e. The average Bonchev–Trinajstić information content (AvgIpc) is 2.50. The Kier molecular flexibility index (Phi) is 5.04. The maximum atomic E-state index is 12.8. The summed E-state index contributed by atoms with van der Waals surface area (Å²) in [6.07, 6.45) is 0.340. The summed E-state index contributed by atoms with van der Waals surface area (Å²) in [5.74, 6) is 0.908. The van der Waals surface area contributed by atoms with E-state index in [9.17, 15) is 4.79 Å². The first-order valence-corrected chi connectivity index (χ1v) is 7.29. The van der Waals surface area contributed by atoms with Crippen LogP contribution in [-0.4, -0.2) is 37.0 Å². The summed E-state index contributed by atoms with van der Waals surface area (Å²) < 4.78 is 5.66. The molecule has 5 heteroatoms. The maximum absolute atomic E-state index is 12.8. The molecule has 0 saturated heterocycles. The quantitative estimate of drug-likeness (QED) is 0.903. The zero-order chi connectivity index (χ0) is 15.2. The number of anilines is 1. The molecule has 0 unspecified atom stereocenters. The summed E-state index contributed by atoms with van der Waals surface area (Å²) in [6.45, 7) is 6.51.